The number of phenols is 1. The highest BCUT2D eigenvalue weighted by molar-refractivity contribution is 7.59. The fourth-order valence-corrected chi connectivity index (χ4v) is 3.72. The third-order valence-electron chi connectivity index (χ3n) is 5.47. The van der Waals surface area contributed by atoms with E-state index in [1.54, 1.807) is 47.4 Å². The van der Waals surface area contributed by atoms with Crippen LogP contribution in [0.4, 0.5) is 4.79 Å². The van der Waals surface area contributed by atoms with Crippen molar-refractivity contribution in [2.24, 2.45) is 5.92 Å². The molecule has 8 heteroatoms. The monoisotopic (exact) mass is 475 g/mol. The largest absolute Gasteiger partial charge is 0.508 e. The van der Waals surface area contributed by atoms with Gasteiger partial charge in [0.25, 0.3) is 0 Å². The normalized spacial score (nSPS) is 16.3. The van der Waals surface area contributed by atoms with Gasteiger partial charge in [-0.1, -0.05) is 42.5 Å². The van der Waals surface area contributed by atoms with Crippen molar-refractivity contribution < 1.29 is 29.3 Å². The summed E-state index contributed by atoms with van der Waals surface area (Å²) >= 11 is 0. The van der Waals surface area contributed by atoms with E-state index >= 15 is 0 Å². The SMILES string of the molecule is CC(C)(C)OC(=O)N1CCC(COC(=O)[C@](O)(c2ccccc2)c2cccc(O)c2)CC1.S. The third kappa shape index (κ3) is 6.65. The second-order valence-corrected chi connectivity index (χ2v) is 9.14. The van der Waals surface area contributed by atoms with Crippen LogP contribution in [-0.2, 0) is 19.9 Å². The summed E-state index contributed by atoms with van der Waals surface area (Å²) < 4.78 is 11.0. The molecule has 1 fully saturated rings. The Bertz CT molecular complexity index is 937. The van der Waals surface area contributed by atoms with Crippen LogP contribution < -0.4 is 0 Å². The van der Waals surface area contributed by atoms with Crippen molar-refractivity contribution in [1.82, 2.24) is 4.90 Å². The first-order chi connectivity index (χ1) is 15.1. The van der Waals surface area contributed by atoms with Crippen LogP contribution in [0.25, 0.3) is 0 Å². The molecule has 7 nitrogen and oxygen atoms in total. The lowest BCUT2D eigenvalue weighted by molar-refractivity contribution is -0.164. The zero-order valence-corrected chi connectivity index (χ0v) is 20.3. The zero-order chi connectivity index (χ0) is 23.4. The van der Waals surface area contributed by atoms with Crippen LogP contribution in [0.2, 0.25) is 0 Å². The minimum absolute atomic E-state index is 0. The van der Waals surface area contributed by atoms with E-state index in [0.717, 1.165) is 0 Å². The van der Waals surface area contributed by atoms with Crippen molar-refractivity contribution in [3.8, 4) is 5.75 Å². The van der Waals surface area contributed by atoms with Gasteiger partial charge in [0.05, 0.1) is 6.61 Å². The molecule has 0 spiro atoms. The molecule has 180 valence electrons. The van der Waals surface area contributed by atoms with Crippen LogP contribution in [-0.4, -0.2) is 52.5 Å². The smallest absolute Gasteiger partial charge is 0.410 e. The summed E-state index contributed by atoms with van der Waals surface area (Å²) in [5.74, 6) is -0.787. The predicted octanol–water partition coefficient (Wildman–Crippen LogP) is 3.93. The van der Waals surface area contributed by atoms with Crippen molar-refractivity contribution in [3.05, 3.63) is 65.7 Å². The van der Waals surface area contributed by atoms with Crippen LogP contribution in [0, 0.1) is 5.92 Å². The van der Waals surface area contributed by atoms with Gasteiger partial charge in [-0.05, 0) is 57.2 Å². The van der Waals surface area contributed by atoms with Crippen molar-refractivity contribution in [2.45, 2.75) is 44.8 Å². The molecule has 2 aromatic carbocycles. The first-order valence-corrected chi connectivity index (χ1v) is 10.8. The van der Waals surface area contributed by atoms with E-state index in [-0.39, 0.29) is 43.4 Å². The Labute approximate surface area is 201 Å². The molecule has 0 unspecified atom stereocenters. The van der Waals surface area contributed by atoms with E-state index in [2.05, 4.69) is 0 Å². The standard InChI is InChI=1S/C25H31NO6.H2S/c1-24(2,3)32-23(29)26-14-12-18(13-15-26)17-31-22(28)25(30,19-8-5-4-6-9-19)20-10-7-11-21(27)16-20;/h4-11,16,18,27,30H,12-15,17H2,1-3H3;1H2/t25-;/m0./s1. The quantitative estimate of drug-likeness (QED) is 0.636. The summed E-state index contributed by atoms with van der Waals surface area (Å²) in [4.78, 5) is 27.0. The molecule has 1 heterocycles. The maximum Gasteiger partial charge on any atom is 0.410 e. The van der Waals surface area contributed by atoms with Gasteiger partial charge >= 0.3 is 12.1 Å². The van der Waals surface area contributed by atoms with Gasteiger partial charge in [0.1, 0.15) is 11.4 Å². The van der Waals surface area contributed by atoms with Crippen molar-refractivity contribution in [3.63, 3.8) is 0 Å². The first-order valence-electron chi connectivity index (χ1n) is 10.8. The molecular weight excluding hydrogens is 442 g/mol. The predicted molar refractivity (Wildman–Crippen MR) is 129 cm³/mol. The number of carbonyl (C=O) groups excluding carboxylic acids is 2. The lowest BCUT2D eigenvalue weighted by Crippen LogP contribution is -2.43. The Morgan fingerprint density at radius 3 is 2.18 bits per heavy atom. The number of esters is 1. The Balaban J connectivity index is 0.00000385. The Kier molecular flexibility index (Phi) is 8.80. The van der Waals surface area contributed by atoms with Crippen molar-refractivity contribution in [1.29, 1.82) is 0 Å². The Hall–Kier alpha value is -2.71. The van der Waals surface area contributed by atoms with E-state index < -0.39 is 17.2 Å². The number of likely N-dealkylation sites (tertiary alicyclic amines) is 1. The van der Waals surface area contributed by atoms with E-state index in [0.29, 0.717) is 31.5 Å². The average molecular weight is 476 g/mol. The number of hydrogen-bond acceptors (Lipinski definition) is 6. The Morgan fingerprint density at radius 2 is 1.61 bits per heavy atom. The number of phenolic OH excluding ortho intramolecular Hbond substituents is 1. The fourth-order valence-electron chi connectivity index (χ4n) is 3.72. The molecule has 2 aromatic rings. The van der Waals surface area contributed by atoms with Gasteiger partial charge in [-0.2, -0.15) is 13.5 Å². The van der Waals surface area contributed by atoms with E-state index in [4.69, 9.17) is 9.47 Å². The zero-order valence-electron chi connectivity index (χ0n) is 19.3. The number of piperidine rings is 1. The molecule has 1 amide bonds. The van der Waals surface area contributed by atoms with Gasteiger partial charge in [-0.25, -0.2) is 9.59 Å². The number of carbonyl (C=O) groups is 2. The molecule has 0 bridgehead atoms. The number of rotatable bonds is 5. The maximum atomic E-state index is 13.1. The van der Waals surface area contributed by atoms with Gasteiger partial charge in [0.15, 0.2) is 0 Å². The molecule has 0 radical (unpaired) electrons. The number of hydrogen-bond donors (Lipinski definition) is 2. The van der Waals surface area contributed by atoms with Gasteiger partial charge < -0.3 is 24.6 Å². The molecule has 1 aliphatic heterocycles. The van der Waals surface area contributed by atoms with Gasteiger partial charge in [-0.15, -0.1) is 0 Å². The number of aliphatic hydroxyl groups is 1. The lowest BCUT2D eigenvalue weighted by atomic mass is 9.86. The highest BCUT2D eigenvalue weighted by atomic mass is 32.1. The van der Waals surface area contributed by atoms with Crippen LogP contribution in [0.3, 0.4) is 0 Å². The minimum atomic E-state index is -2.04. The topological polar surface area (TPSA) is 96.3 Å². The molecule has 1 saturated heterocycles. The summed E-state index contributed by atoms with van der Waals surface area (Å²) in [6.45, 7) is 6.67. The average Bonchev–Trinajstić information content (AvgIpc) is 2.76. The molecule has 0 saturated carbocycles. The van der Waals surface area contributed by atoms with Gasteiger partial charge in [-0.3, -0.25) is 0 Å². The second kappa shape index (κ2) is 10.9. The first kappa shape index (κ1) is 26.5. The van der Waals surface area contributed by atoms with Crippen molar-refractivity contribution >= 4 is 25.6 Å². The highest BCUT2D eigenvalue weighted by Gasteiger charge is 2.42. The van der Waals surface area contributed by atoms with E-state index in [1.165, 1.54) is 12.1 Å². The molecular formula is C25H33NO6S. The maximum absolute atomic E-state index is 13.1. The van der Waals surface area contributed by atoms with Crippen LogP contribution in [0.1, 0.15) is 44.7 Å². The van der Waals surface area contributed by atoms with E-state index in [9.17, 15) is 19.8 Å². The number of aromatic hydroxyl groups is 1. The lowest BCUT2D eigenvalue weighted by Gasteiger charge is -2.34. The number of ether oxygens (including phenoxy) is 2. The summed E-state index contributed by atoms with van der Waals surface area (Å²) in [6.07, 6.45) is 1.00. The van der Waals surface area contributed by atoms with Gasteiger partial charge in [0, 0.05) is 18.7 Å². The van der Waals surface area contributed by atoms with Crippen LogP contribution in [0.15, 0.2) is 54.6 Å². The number of nitrogens with zero attached hydrogens (tertiary/aromatic N) is 1. The molecule has 0 aliphatic carbocycles. The fraction of sp³-hybridized carbons (Fsp3) is 0.440. The molecule has 1 aliphatic rings. The number of amides is 1. The van der Waals surface area contributed by atoms with Crippen LogP contribution >= 0.6 is 13.5 Å². The van der Waals surface area contributed by atoms with E-state index in [1.807, 2.05) is 20.8 Å². The minimum Gasteiger partial charge on any atom is -0.508 e. The number of benzene rings is 2. The second-order valence-electron chi connectivity index (χ2n) is 9.14. The summed E-state index contributed by atoms with van der Waals surface area (Å²) in [5, 5.41) is 21.3. The molecule has 1 atom stereocenters. The van der Waals surface area contributed by atoms with Crippen LogP contribution in [0.5, 0.6) is 5.75 Å². The summed E-state index contributed by atoms with van der Waals surface area (Å²) in [6, 6.07) is 14.5. The highest BCUT2D eigenvalue weighted by Crippen LogP contribution is 2.33. The van der Waals surface area contributed by atoms with Crippen molar-refractivity contribution in [2.75, 3.05) is 19.7 Å². The molecule has 0 aromatic heterocycles. The molecule has 3 rings (SSSR count). The van der Waals surface area contributed by atoms with Gasteiger partial charge in [0.2, 0.25) is 5.60 Å². The molecule has 2 N–H and O–H groups in total. The Morgan fingerprint density at radius 1 is 1.00 bits per heavy atom. The summed E-state index contributed by atoms with van der Waals surface area (Å²) in [5.41, 5.74) is -2.00. The third-order valence-corrected chi connectivity index (χ3v) is 5.47. The molecule has 33 heavy (non-hydrogen) atoms. The summed E-state index contributed by atoms with van der Waals surface area (Å²) in [7, 11) is 0.